The van der Waals surface area contributed by atoms with E-state index in [4.69, 9.17) is 5.73 Å². The van der Waals surface area contributed by atoms with Crippen molar-refractivity contribution in [2.24, 2.45) is 7.05 Å². The Labute approximate surface area is 117 Å². The molecular formula is C14H22N4O2. The van der Waals surface area contributed by atoms with Crippen molar-refractivity contribution in [3.63, 3.8) is 0 Å². The molecule has 0 aliphatic heterocycles. The van der Waals surface area contributed by atoms with Crippen molar-refractivity contribution in [3.8, 4) is 0 Å². The van der Waals surface area contributed by atoms with E-state index in [0.717, 1.165) is 30.3 Å². The number of nitrogen functional groups attached to an aromatic ring is 1. The van der Waals surface area contributed by atoms with Gasteiger partial charge in [-0.15, -0.1) is 0 Å². The van der Waals surface area contributed by atoms with Gasteiger partial charge in [-0.1, -0.05) is 25.5 Å². The van der Waals surface area contributed by atoms with Crippen LogP contribution >= 0.6 is 0 Å². The van der Waals surface area contributed by atoms with Gasteiger partial charge in [-0.3, -0.25) is 13.9 Å². The molecule has 3 N–H and O–H groups in total. The first kappa shape index (κ1) is 14.4. The molecule has 2 rings (SSSR count). The molecule has 1 aliphatic carbocycles. The number of unbranched alkanes of at least 4 members (excludes halogenated alkanes) is 1. The zero-order valence-corrected chi connectivity index (χ0v) is 12.1. The van der Waals surface area contributed by atoms with Crippen LogP contribution in [0.25, 0.3) is 0 Å². The second-order valence-electron chi connectivity index (χ2n) is 5.20. The first-order chi connectivity index (χ1) is 9.56. The molecule has 0 spiro atoms. The van der Waals surface area contributed by atoms with Gasteiger partial charge < -0.3 is 11.1 Å². The largest absolute Gasteiger partial charge is 0.383 e. The Kier molecular flexibility index (Phi) is 4.32. The van der Waals surface area contributed by atoms with Crippen LogP contribution in [0.3, 0.4) is 0 Å². The fourth-order valence-corrected chi connectivity index (χ4v) is 2.39. The zero-order valence-electron chi connectivity index (χ0n) is 12.1. The molecule has 0 fully saturated rings. The summed E-state index contributed by atoms with van der Waals surface area (Å²) in [6.45, 7) is 2.58. The van der Waals surface area contributed by atoms with Crippen LogP contribution < -0.4 is 22.3 Å². The molecule has 0 saturated heterocycles. The van der Waals surface area contributed by atoms with Gasteiger partial charge in [0.05, 0.1) is 0 Å². The fourth-order valence-electron chi connectivity index (χ4n) is 2.39. The highest BCUT2D eigenvalue weighted by molar-refractivity contribution is 5.61. The minimum absolute atomic E-state index is 0.183. The maximum Gasteiger partial charge on any atom is 0.332 e. The Hall–Kier alpha value is -1.98. The zero-order chi connectivity index (χ0) is 14.7. The van der Waals surface area contributed by atoms with Crippen LogP contribution in [0.15, 0.2) is 21.7 Å². The number of hydrogen-bond donors (Lipinski definition) is 2. The van der Waals surface area contributed by atoms with Crippen molar-refractivity contribution in [2.75, 3.05) is 11.1 Å². The number of anilines is 2. The van der Waals surface area contributed by atoms with Gasteiger partial charge in [-0.2, -0.15) is 0 Å². The Bertz CT molecular complexity index is 619. The van der Waals surface area contributed by atoms with Crippen LogP contribution in [0.5, 0.6) is 0 Å². The molecule has 1 heterocycles. The van der Waals surface area contributed by atoms with Crippen molar-refractivity contribution < 1.29 is 0 Å². The molecule has 1 aliphatic rings. The van der Waals surface area contributed by atoms with E-state index in [1.165, 1.54) is 11.6 Å². The van der Waals surface area contributed by atoms with Gasteiger partial charge in [0.25, 0.3) is 5.56 Å². The summed E-state index contributed by atoms with van der Waals surface area (Å²) in [6, 6.07) is 0.183. The molecule has 0 atom stereocenters. The van der Waals surface area contributed by atoms with E-state index in [1.807, 2.05) is 6.92 Å². The predicted molar refractivity (Wildman–Crippen MR) is 81.0 cm³/mol. The monoisotopic (exact) mass is 278 g/mol. The van der Waals surface area contributed by atoms with Gasteiger partial charge in [0.15, 0.2) is 0 Å². The molecule has 0 radical (unpaired) electrons. The summed E-state index contributed by atoms with van der Waals surface area (Å²) >= 11 is 0. The van der Waals surface area contributed by atoms with Crippen molar-refractivity contribution in [1.82, 2.24) is 9.13 Å². The lowest BCUT2D eigenvalue weighted by molar-refractivity contribution is 0.574. The van der Waals surface area contributed by atoms with Gasteiger partial charge >= 0.3 is 5.69 Å². The molecular weight excluding hydrogens is 256 g/mol. The number of nitrogens with zero attached hydrogens (tertiary/aromatic N) is 2. The van der Waals surface area contributed by atoms with Gasteiger partial charge in [0.2, 0.25) is 0 Å². The van der Waals surface area contributed by atoms with Crippen LogP contribution in [0.4, 0.5) is 11.5 Å². The lowest BCUT2D eigenvalue weighted by Crippen LogP contribution is -2.41. The number of rotatable bonds is 5. The number of nitrogens with two attached hydrogens (primary N) is 1. The minimum atomic E-state index is -0.354. The van der Waals surface area contributed by atoms with Crippen molar-refractivity contribution in [2.45, 2.75) is 45.2 Å². The van der Waals surface area contributed by atoms with E-state index in [1.54, 1.807) is 0 Å². The topological polar surface area (TPSA) is 82.0 Å². The second-order valence-corrected chi connectivity index (χ2v) is 5.20. The third-order valence-corrected chi connectivity index (χ3v) is 3.67. The van der Waals surface area contributed by atoms with Gasteiger partial charge in [-0.25, -0.2) is 4.79 Å². The number of nitrogens with one attached hydrogen (secondary N) is 1. The molecule has 0 aromatic carbocycles. The summed E-state index contributed by atoms with van der Waals surface area (Å²) in [5.41, 5.74) is 5.68. The molecule has 110 valence electrons. The van der Waals surface area contributed by atoms with Crippen molar-refractivity contribution in [3.05, 3.63) is 33.0 Å². The first-order valence-corrected chi connectivity index (χ1v) is 7.07. The lowest BCUT2D eigenvalue weighted by atomic mass is 10.2. The van der Waals surface area contributed by atoms with E-state index < -0.39 is 0 Å². The number of aromatic nitrogens is 2. The van der Waals surface area contributed by atoms with Crippen LogP contribution in [0, 0.1) is 0 Å². The maximum atomic E-state index is 12.2. The molecule has 20 heavy (non-hydrogen) atoms. The van der Waals surface area contributed by atoms with Crippen molar-refractivity contribution >= 4 is 11.5 Å². The Balaban J connectivity index is 2.41. The normalized spacial score (nSPS) is 14.9. The molecule has 1 aromatic rings. The SMILES string of the molecule is CCCCn1c(N)c(NC2CC=CC2)c(=O)n(C)c1=O. The molecule has 1 aromatic heterocycles. The summed E-state index contributed by atoms with van der Waals surface area (Å²) in [5.74, 6) is 0.249. The van der Waals surface area contributed by atoms with E-state index in [9.17, 15) is 9.59 Å². The quantitative estimate of drug-likeness (QED) is 0.789. The van der Waals surface area contributed by atoms with Gasteiger partial charge in [0.1, 0.15) is 11.5 Å². The van der Waals surface area contributed by atoms with Crippen molar-refractivity contribution in [1.29, 1.82) is 0 Å². The van der Waals surface area contributed by atoms with Crippen LogP contribution in [0.2, 0.25) is 0 Å². The van der Waals surface area contributed by atoms with E-state index in [-0.39, 0.29) is 23.1 Å². The molecule has 0 saturated carbocycles. The highest BCUT2D eigenvalue weighted by Crippen LogP contribution is 2.18. The average molecular weight is 278 g/mol. The number of hydrogen-bond acceptors (Lipinski definition) is 4. The Morgan fingerprint density at radius 3 is 2.60 bits per heavy atom. The third kappa shape index (κ3) is 2.64. The summed E-state index contributed by atoms with van der Waals surface area (Å²) in [7, 11) is 1.49. The molecule has 6 nitrogen and oxygen atoms in total. The van der Waals surface area contributed by atoms with Gasteiger partial charge in [0, 0.05) is 19.6 Å². The van der Waals surface area contributed by atoms with E-state index in [0.29, 0.717) is 12.2 Å². The second kappa shape index (κ2) is 5.98. The Morgan fingerprint density at radius 2 is 2.00 bits per heavy atom. The van der Waals surface area contributed by atoms with E-state index >= 15 is 0 Å². The Morgan fingerprint density at radius 1 is 1.35 bits per heavy atom. The van der Waals surface area contributed by atoms with Crippen LogP contribution in [-0.2, 0) is 13.6 Å². The highest BCUT2D eigenvalue weighted by Gasteiger charge is 2.18. The first-order valence-electron chi connectivity index (χ1n) is 7.07. The molecule has 6 heteroatoms. The maximum absolute atomic E-state index is 12.2. The fraction of sp³-hybridized carbons (Fsp3) is 0.571. The summed E-state index contributed by atoms with van der Waals surface area (Å²) < 4.78 is 2.60. The summed E-state index contributed by atoms with van der Waals surface area (Å²) in [6.07, 6.45) is 7.71. The van der Waals surface area contributed by atoms with Crippen LogP contribution in [0.1, 0.15) is 32.6 Å². The molecule has 0 bridgehead atoms. The molecule has 0 unspecified atom stereocenters. The smallest absolute Gasteiger partial charge is 0.332 e. The van der Waals surface area contributed by atoms with Crippen LogP contribution in [-0.4, -0.2) is 15.2 Å². The minimum Gasteiger partial charge on any atom is -0.383 e. The summed E-state index contributed by atoms with van der Waals surface area (Å²) in [5, 5.41) is 3.18. The predicted octanol–water partition coefficient (Wildman–Crippen LogP) is 1.06. The highest BCUT2D eigenvalue weighted by atomic mass is 16.2. The molecule has 0 amide bonds. The lowest BCUT2D eigenvalue weighted by Gasteiger charge is -2.19. The standard InChI is InChI=1S/C14H22N4O2/c1-3-4-9-18-12(15)11(13(19)17(2)14(18)20)16-10-7-5-6-8-10/h5-6,10,16H,3-4,7-9,15H2,1-2H3. The summed E-state index contributed by atoms with van der Waals surface area (Å²) in [4.78, 5) is 24.3. The van der Waals surface area contributed by atoms with Gasteiger partial charge in [-0.05, 0) is 19.3 Å². The van der Waals surface area contributed by atoms with E-state index in [2.05, 4.69) is 17.5 Å². The third-order valence-electron chi connectivity index (χ3n) is 3.67. The average Bonchev–Trinajstić information content (AvgIpc) is 2.94.